The summed E-state index contributed by atoms with van der Waals surface area (Å²) in [7, 11) is 0. The van der Waals surface area contributed by atoms with E-state index in [9.17, 15) is 4.79 Å². The zero-order chi connectivity index (χ0) is 17.6. The molecule has 1 aliphatic rings. The summed E-state index contributed by atoms with van der Waals surface area (Å²) < 4.78 is 2.88. The van der Waals surface area contributed by atoms with E-state index in [0.29, 0.717) is 23.9 Å². The van der Waals surface area contributed by atoms with Crippen LogP contribution >= 0.6 is 27.7 Å². The number of thioether (sulfide) groups is 1. The van der Waals surface area contributed by atoms with Gasteiger partial charge in [-0.05, 0) is 25.0 Å². The normalized spacial score (nSPS) is 14.0. The van der Waals surface area contributed by atoms with Crippen molar-refractivity contribution in [1.29, 1.82) is 0 Å². The monoisotopic (exact) mass is 420 g/mol. The second kappa shape index (κ2) is 8.67. The highest BCUT2D eigenvalue weighted by Gasteiger charge is 2.18. The number of nitrogens with zero attached hydrogens (tertiary/aromatic N) is 4. The molecule has 132 valence electrons. The Bertz CT molecular complexity index is 738. The van der Waals surface area contributed by atoms with Crippen LogP contribution in [0.15, 0.2) is 46.5 Å². The molecule has 1 fully saturated rings. The summed E-state index contributed by atoms with van der Waals surface area (Å²) in [6, 6.07) is 8.01. The van der Waals surface area contributed by atoms with Gasteiger partial charge in [-0.1, -0.05) is 45.9 Å². The predicted molar refractivity (Wildman–Crippen MR) is 105 cm³/mol. The van der Waals surface area contributed by atoms with Crippen LogP contribution in [-0.4, -0.2) is 44.4 Å². The van der Waals surface area contributed by atoms with Crippen LogP contribution in [0, 0.1) is 0 Å². The van der Waals surface area contributed by atoms with Crippen molar-refractivity contribution in [2.75, 3.05) is 18.8 Å². The van der Waals surface area contributed by atoms with Gasteiger partial charge >= 0.3 is 0 Å². The van der Waals surface area contributed by atoms with Gasteiger partial charge in [0.1, 0.15) is 0 Å². The average Bonchev–Trinajstić information content (AvgIpc) is 3.26. The second-order valence-corrected chi connectivity index (χ2v) is 7.86. The maximum Gasteiger partial charge on any atom is 0.223 e. The molecule has 3 rings (SSSR count). The summed E-state index contributed by atoms with van der Waals surface area (Å²) in [4.78, 5) is 18.7. The summed E-state index contributed by atoms with van der Waals surface area (Å²) in [5.41, 5.74) is 1.01. The molecule has 0 atom stereocenters. The van der Waals surface area contributed by atoms with Crippen LogP contribution in [0.4, 0.5) is 0 Å². The summed E-state index contributed by atoms with van der Waals surface area (Å²) in [6.07, 6.45) is 4.60. The minimum atomic E-state index is 0.239. The highest BCUT2D eigenvalue weighted by atomic mass is 79.9. The highest BCUT2D eigenvalue weighted by molar-refractivity contribution is 9.10. The van der Waals surface area contributed by atoms with Crippen molar-refractivity contribution in [3.05, 3.63) is 41.4 Å². The molecule has 0 bridgehead atoms. The van der Waals surface area contributed by atoms with Crippen LogP contribution in [0.5, 0.6) is 0 Å². The topological polar surface area (TPSA) is 51.0 Å². The number of allylic oxidation sites excluding steroid dienone is 1. The number of halogens is 1. The standard InChI is InChI=1S/C18H21BrN4OS/c1-2-10-23-17(14-5-7-15(19)8-6-14)20-18(21-23)25-13-9-16(24)22-11-3-4-12-22/h2,5-8H,1,3-4,9-13H2. The van der Waals surface area contributed by atoms with Gasteiger partial charge < -0.3 is 4.90 Å². The lowest BCUT2D eigenvalue weighted by molar-refractivity contribution is -0.129. The number of carbonyl (C=O) groups is 1. The number of hydrogen-bond donors (Lipinski definition) is 0. The first kappa shape index (κ1) is 18.2. The van der Waals surface area contributed by atoms with Gasteiger partial charge in [0, 0.05) is 35.3 Å². The zero-order valence-electron chi connectivity index (χ0n) is 14.0. The van der Waals surface area contributed by atoms with E-state index in [-0.39, 0.29) is 5.91 Å². The van der Waals surface area contributed by atoms with Gasteiger partial charge in [0.2, 0.25) is 11.1 Å². The van der Waals surface area contributed by atoms with Gasteiger partial charge in [-0.15, -0.1) is 11.7 Å². The largest absolute Gasteiger partial charge is 0.343 e. The summed E-state index contributed by atoms with van der Waals surface area (Å²) >= 11 is 4.98. The van der Waals surface area contributed by atoms with Crippen molar-refractivity contribution in [2.45, 2.75) is 31.0 Å². The van der Waals surface area contributed by atoms with E-state index in [0.717, 1.165) is 41.8 Å². The lowest BCUT2D eigenvalue weighted by Crippen LogP contribution is -2.27. The molecule has 0 N–H and O–H groups in total. The quantitative estimate of drug-likeness (QED) is 0.501. The molecule has 2 heterocycles. The van der Waals surface area contributed by atoms with E-state index in [4.69, 9.17) is 0 Å². The van der Waals surface area contributed by atoms with Crippen molar-refractivity contribution >= 4 is 33.6 Å². The Labute approximate surface area is 160 Å². The summed E-state index contributed by atoms with van der Waals surface area (Å²) in [5, 5.41) is 5.26. The molecule has 1 aliphatic heterocycles. The average molecular weight is 421 g/mol. The first-order valence-electron chi connectivity index (χ1n) is 8.39. The molecule has 5 nitrogen and oxygen atoms in total. The Balaban J connectivity index is 1.65. The number of hydrogen-bond acceptors (Lipinski definition) is 4. The minimum Gasteiger partial charge on any atom is -0.343 e. The zero-order valence-corrected chi connectivity index (χ0v) is 16.4. The van der Waals surface area contributed by atoms with Crippen molar-refractivity contribution in [2.24, 2.45) is 0 Å². The summed E-state index contributed by atoms with van der Waals surface area (Å²) in [6.45, 7) is 6.21. The third-order valence-corrected chi connectivity index (χ3v) is 5.43. The molecule has 0 unspecified atom stereocenters. The van der Waals surface area contributed by atoms with Crippen LogP contribution in [-0.2, 0) is 11.3 Å². The van der Waals surface area contributed by atoms with Gasteiger partial charge in [-0.2, -0.15) is 0 Å². The van der Waals surface area contributed by atoms with E-state index >= 15 is 0 Å². The van der Waals surface area contributed by atoms with Gasteiger partial charge in [-0.3, -0.25) is 4.79 Å². The number of aromatic nitrogens is 3. The molecule has 1 aromatic heterocycles. The van der Waals surface area contributed by atoms with Gasteiger partial charge in [-0.25, -0.2) is 9.67 Å². The number of carbonyl (C=O) groups excluding carboxylic acids is 1. The van der Waals surface area contributed by atoms with Crippen molar-refractivity contribution in [3.63, 3.8) is 0 Å². The maximum absolute atomic E-state index is 12.1. The van der Waals surface area contributed by atoms with Crippen molar-refractivity contribution < 1.29 is 4.79 Å². The molecule has 0 radical (unpaired) electrons. The van der Waals surface area contributed by atoms with Crippen LogP contribution in [0.25, 0.3) is 11.4 Å². The van der Waals surface area contributed by atoms with E-state index in [2.05, 4.69) is 32.6 Å². The molecule has 0 saturated carbocycles. The number of rotatable bonds is 7. The molecule has 7 heteroatoms. The third-order valence-electron chi connectivity index (χ3n) is 4.06. The Kier molecular flexibility index (Phi) is 6.31. The van der Waals surface area contributed by atoms with Gasteiger partial charge in [0.15, 0.2) is 5.82 Å². The molecule has 25 heavy (non-hydrogen) atoms. The van der Waals surface area contributed by atoms with Crippen LogP contribution in [0.3, 0.4) is 0 Å². The van der Waals surface area contributed by atoms with Crippen LogP contribution in [0.2, 0.25) is 0 Å². The fourth-order valence-electron chi connectivity index (χ4n) is 2.80. The Hall–Kier alpha value is -1.60. The second-order valence-electron chi connectivity index (χ2n) is 5.88. The SMILES string of the molecule is C=CCn1nc(SCCC(=O)N2CCCC2)nc1-c1ccc(Br)cc1. The Morgan fingerprint density at radius 2 is 2.00 bits per heavy atom. The van der Waals surface area contributed by atoms with Gasteiger partial charge in [0.25, 0.3) is 0 Å². The van der Waals surface area contributed by atoms with Crippen molar-refractivity contribution in [3.8, 4) is 11.4 Å². The fourth-order valence-corrected chi connectivity index (χ4v) is 3.83. The number of amides is 1. The lowest BCUT2D eigenvalue weighted by atomic mass is 10.2. The van der Waals surface area contributed by atoms with E-state index in [1.165, 1.54) is 11.8 Å². The predicted octanol–water partition coefficient (Wildman–Crippen LogP) is 4.00. The van der Waals surface area contributed by atoms with Crippen molar-refractivity contribution in [1.82, 2.24) is 19.7 Å². The third kappa shape index (κ3) is 4.73. The first-order chi connectivity index (χ1) is 12.2. The molecule has 1 aromatic carbocycles. The fraction of sp³-hybridized carbons (Fsp3) is 0.389. The van der Waals surface area contributed by atoms with Crippen LogP contribution < -0.4 is 0 Å². The number of likely N-dealkylation sites (tertiary alicyclic amines) is 1. The van der Waals surface area contributed by atoms with Crippen LogP contribution in [0.1, 0.15) is 19.3 Å². The molecular formula is C18H21BrN4OS. The first-order valence-corrected chi connectivity index (χ1v) is 10.2. The number of benzene rings is 1. The molecule has 0 spiro atoms. The van der Waals surface area contributed by atoms with Gasteiger partial charge in [0.05, 0.1) is 6.54 Å². The summed E-state index contributed by atoms with van der Waals surface area (Å²) in [5.74, 6) is 1.76. The molecule has 1 amide bonds. The smallest absolute Gasteiger partial charge is 0.223 e. The highest BCUT2D eigenvalue weighted by Crippen LogP contribution is 2.24. The Morgan fingerprint density at radius 1 is 1.28 bits per heavy atom. The van der Waals surface area contributed by atoms with E-state index in [1.54, 1.807) is 0 Å². The van der Waals surface area contributed by atoms with E-state index < -0.39 is 0 Å². The molecule has 0 aliphatic carbocycles. The lowest BCUT2D eigenvalue weighted by Gasteiger charge is -2.14. The Morgan fingerprint density at radius 3 is 2.68 bits per heavy atom. The maximum atomic E-state index is 12.1. The molecular weight excluding hydrogens is 400 g/mol. The molecule has 2 aromatic rings. The van der Waals surface area contributed by atoms with E-state index in [1.807, 2.05) is 39.9 Å². The molecule has 1 saturated heterocycles. The minimum absolute atomic E-state index is 0.239.